The van der Waals surface area contributed by atoms with E-state index in [1.807, 2.05) is 44.2 Å². The highest BCUT2D eigenvalue weighted by Gasteiger charge is 2.32. The molecule has 0 fully saturated rings. The highest BCUT2D eigenvalue weighted by molar-refractivity contribution is 5.96. The normalized spacial score (nSPS) is 15.3. The van der Waals surface area contributed by atoms with Crippen LogP contribution in [0.3, 0.4) is 0 Å². The molecule has 8 heteroatoms. The third-order valence-electron chi connectivity index (χ3n) is 5.19. The van der Waals surface area contributed by atoms with Crippen molar-refractivity contribution in [2.24, 2.45) is 0 Å². The first-order valence-electron chi connectivity index (χ1n) is 10.2. The van der Waals surface area contributed by atoms with Gasteiger partial charge < -0.3 is 14.8 Å². The molecule has 4 rings (SSSR count). The van der Waals surface area contributed by atoms with Crippen molar-refractivity contribution in [2.45, 2.75) is 40.3 Å². The predicted molar refractivity (Wildman–Crippen MR) is 116 cm³/mol. The van der Waals surface area contributed by atoms with Gasteiger partial charge >= 0.3 is 0 Å². The molecular weight excluding hydrogens is 394 g/mol. The number of nitrogens with zero attached hydrogens (tertiary/aromatic N) is 4. The number of ketones is 1. The Kier molecular flexibility index (Phi) is 5.70. The summed E-state index contributed by atoms with van der Waals surface area (Å²) in [5, 5.41) is 15.0. The summed E-state index contributed by atoms with van der Waals surface area (Å²) >= 11 is 0. The molecule has 1 atom stereocenters. The third-order valence-corrected chi connectivity index (χ3v) is 5.19. The number of carbonyl (C=O) groups excluding carboxylic acids is 1. The molecule has 1 unspecified atom stereocenters. The fourth-order valence-corrected chi connectivity index (χ4v) is 3.70. The van der Waals surface area contributed by atoms with E-state index in [2.05, 4.69) is 39.9 Å². The first-order valence-corrected chi connectivity index (χ1v) is 10.2. The Balaban J connectivity index is 1.68. The Bertz CT molecular complexity index is 1130. The van der Waals surface area contributed by atoms with Crippen LogP contribution in [0, 0.1) is 6.92 Å². The Hall–Kier alpha value is -3.68. The molecule has 2 aromatic carbocycles. The lowest BCUT2D eigenvalue weighted by Gasteiger charge is -2.27. The minimum absolute atomic E-state index is 0.0474. The van der Waals surface area contributed by atoms with E-state index in [4.69, 9.17) is 9.47 Å². The second kappa shape index (κ2) is 8.59. The maximum atomic E-state index is 12.4. The number of allylic oxidation sites excluding steroid dienone is 2. The molecular formula is C23H25N5O3. The number of carbonyl (C=O) groups is 1. The van der Waals surface area contributed by atoms with E-state index in [1.165, 1.54) is 5.56 Å². The zero-order valence-electron chi connectivity index (χ0n) is 18.0. The molecule has 2 heterocycles. The van der Waals surface area contributed by atoms with E-state index in [-0.39, 0.29) is 5.78 Å². The average Bonchev–Trinajstić information content (AvgIpc) is 3.21. The molecule has 3 aromatic rings. The molecule has 0 spiro atoms. The van der Waals surface area contributed by atoms with E-state index in [0.717, 1.165) is 16.8 Å². The molecule has 0 saturated carbocycles. The molecule has 0 amide bonds. The van der Waals surface area contributed by atoms with Gasteiger partial charge in [-0.2, -0.15) is 4.68 Å². The smallest absolute Gasteiger partial charge is 0.248 e. The predicted octanol–water partition coefficient (Wildman–Crippen LogP) is 3.84. The summed E-state index contributed by atoms with van der Waals surface area (Å²) in [7, 11) is 0. The van der Waals surface area contributed by atoms with Crippen LogP contribution in [0.25, 0.3) is 0 Å². The maximum absolute atomic E-state index is 12.4. The Morgan fingerprint density at radius 3 is 2.58 bits per heavy atom. The van der Waals surface area contributed by atoms with Gasteiger partial charge in [0, 0.05) is 11.3 Å². The van der Waals surface area contributed by atoms with Crippen molar-refractivity contribution in [3.05, 3.63) is 70.4 Å². The Morgan fingerprint density at radius 2 is 1.87 bits per heavy atom. The monoisotopic (exact) mass is 419 g/mol. The van der Waals surface area contributed by atoms with Crippen LogP contribution in [0.4, 0.5) is 5.95 Å². The molecule has 160 valence electrons. The van der Waals surface area contributed by atoms with Crippen LogP contribution < -0.4 is 14.8 Å². The number of benzene rings is 2. The summed E-state index contributed by atoms with van der Waals surface area (Å²) < 4.78 is 13.5. The van der Waals surface area contributed by atoms with Gasteiger partial charge in [-0.25, -0.2) is 0 Å². The van der Waals surface area contributed by atoms with E-state index in [0.29, 0.717) is 36.2 Å². The summed E-state index contributed by atoms with van der Waals surface area (Å²) in [5.74, 6) is 1.70. The summed E-state index contributed by atoms with van der Waals surface area (Å²) in [6.07, 6.45) is 0. The second-order valence-electron chi connectivity index (χ2n) is 7.48. The summed E-state index contributed by atoms with van der Waals surface area (Å²) in [6, 6.07) is 13.4. The first kappa shape index (κ1) is 20.6. The number of anilines is 1. The van der Waals surface area contributed by atoms with Gasteiger partial charge in [-0.15, -0.1) is 0 Å². The standard InChI is InChI=1S/C23H25N5O3/c1-5-30-20-12-18(10-11-19(20)31-13-17-8-6-14(2)7-9-17)22-21(16(4)29)15(3)24-23-25-26-27-28(22)23/h6-12,22H,5,13H2,1-4H3,(H,24,25,27). The number of hydrogen-bond donors (Lipinski definition) is 1. The highest BCUT2D eigenvalue weighted by atomic mass is 16.5. The van der Waals surface area contributed by atoms with Crippen molar-refractivity contribution >= 4 is 11.7 Å². The Morgan fingerprint density at radius 1 is 1.10 bits per heavy atom. The molecule has 1 aliphatic heterocycles. The van der Waals surface area contributed by atoms with Crippen molar-refractivity contribution in [2.75, 3.05) is 11.9 Å². The maximum Gasteiger partial charge on any atom is 0.248 e. The van der Waals surface area contributed by atoms with Gasteiger partial charge in [0.2, 0.25) is 5.95 Å². The van der Waals surface area contributed by atoms with Crippen LogP contribution in [0.5, 0.6) is 11.5 Å². The molecule has 0 bridgehead atoms. The molecule has 8 nitrogen and oxygen atoms in total. The van der Waals surface area contributed by atoms with Crippen LogP contribution in [0.2, 0.25) is 0 Å². The minimum Gasteiger partial charge on any atom is -0.490 e. The molecule has 31 heavy (non-hydrogen) atoms. The van der Waals surface area contributed by atoms with Gasteiger partial charge in [-0.3, -0.25) is 4.79 Å². The van der Waals surface area contributed by atoms with E-state index in [9.17, 15) is 4.79 Å². The van der Waals surface area contributed by atoms with Gasteiger partial charge in [0.15, 0.2) is 17.3 Å². The minimum atomic E-state index is -0.450. The number of fused-ring (bicyclic) bond motifs is 1. The van der Waals surface area contributed by atoms with Gasteiger partial charge in [0.1, 0.15) is 12.6 Å². The molecule has 1 aliphatic rings. The number of Topliss-reactive ketones (excluding diaryl/α,β-unsaturated/α-hetero) is 1. The molecule has 0 saturated heterocycles. The molecule has 0 radical (unpaired) electrons. The molecule has 0 aliphatic carbocycles. The van der Waals surface area contributed by atoms with Gasteiger partial charge in [-0.05, 0) is 61.4 Å². The summed E-state index contributed by atoms with van der Waals surface area (Å²) in [5.41, 5.74) is 4.46. The van der Waals surface area contributed by atoms with Gasteiger partial charge in [0.05, 0.1) is 6.61 Å². The summed E-state index contributed by atoms with van der Waals surface area (Å²) in [4.78, 5) is 12.4. The van der Waals surface area contributed by atoms with Crippen molar-refractivity contribution in [1.29, 1.82) is 0 Å². The highest BCUT2D eigenvalue weighted by Crippen LogP contribution is 2.38. The van der Waals surface area contributed by atoms with E-state index >= 15 is 0 Å². The first-order chi connectivity index (χ1) is 15.0. The second-order valence-corrected chi connectivity index (χ2v) is 7.48. The van der Waals surface area contributed by atoms with Crippen molar-refractivity contribution in [1.82, 2.24) is 20.2 Å². The molecule has 1 N–H and O–H groups in total. The number of tetrazole rings is 1. The third kappa shape index (κ3) is 4.14. The number of nitrogens with one attached hydrogen (secondary N) is 1. The lowest BCUT2D eigenvalue weighted by atomic mass is 9.93. The Labute approximate surface area is 180 Å². The van der Waals surface area contributed by atoms with Crippen LogP contribution in [-0.4, -0.2) is 32.6 Å². The number of hydrogen-bond acceptors (Lipinski definition) is 7. The van der Waals surface area contributed by atoms with Crippen molar-refractivity contribution in [3.8, 4) is 11.5 Å². The van der Waals surface area contributed by atoms with Gasteiger partial charge in [-0.1, -0.05) is 41.0 Å². The largest absolute Gasteiger partial charge is 0.490 e. The molecule has 1 aromatic heterocycles. The number of aromatic nitrogens is 4. The van der Waals surface area contributed by atoms with E-state index < -0.39 is 6.04 Å². The van der Waals surface area contributed by atoms with Crippen LogP contribution in [0.1, 0.15) is 43.5 Å². The van der Waals surface area contributed by atoms with Crippen LogP contribution >= 0.6 is 0 Å². The zero-order valence-corrected chi connectivity index (χ0v) is 18.0. The zero-order chi connectivity index (χ0) is 22.0. The van der Waals surface area contributed by atoms with Crippen LogP contribution in [0.15, 0.2) is 53.7 Å². The fraction of sp³-hybridized carbons (Fsp3) is 0.304. The SMILES string of the molecule is CCOc1cc(C2C(C(C)=O)=C(C)Nc3nnnn32)ccc1OCc1ccc(C)cc1. The van der Waals surface area contributed by atoms with Crippen LogP contribution in [-0.2, 0) is 11.4 Å². The fourth-order valence-electron chi connectivity index (χ4n) is 3.70. The lowest BCUT2D eigenvalue weighted by Crippen LogP contribution is -2.27. The van der Waals surface area contributed by atoms with E-state index in [1.54, 1.807) is 11.6 Å². The average molecular weight is 419 g/mol. The number of ether oxygens (including phenoxy) is 2. The van der Waals surface area contributed by atoms with Crippen molar-refractivity contribution < 1.29 is 14.3 Å². The number of aryl methyl sites for hydroxylation is 1. The van der Waals surface area contributed by atoms with Gasteiger partial charge in [0.25, 0.3) is 0 Å². The topological polar surface area (TPSA) is 91.2 Å². The number of rotatable bonds is 7. The summed E-state index contributed by atoms with van der Waals surface area (Å²) in [6.45, 7) is 8.29. The quantitative estimate of drug-likeness (QED) is 0.622. The lowest BCUT2D eigenvalue weighted by molar-refractivity contribution is -0.114. The van der Waals surface area contributed by atoms with Crippen molar-refractivity contribution in [3.63, 3.8) is 0 Å².